The number of carbonyl (C=O) groups excluding carboxylic acids is 1. The third-order valence-electron chi connectivity index (χ3n) is 1.80. The number of hydrogen-bond donors (Lipinski definition) is 4. The molecule has 18 heavy (non-hydrogen) atoms. The Balaban J connectivity index is 2.96. The lowest BCUT2D eigenvalue weighted by Crippen LogP contribution is -2.35. The van der Waals surface area contributed by atoms with Gasteiger partial charge >= 0.3 is 28.7 Å². The van der Waals surface area contributed by atoms with Gasteiger partial charge in [-0.25, -0.2) is 4.79 Å². The van der Waals surface area contributed by atoms with Crippen molar-refractivity contribution in [3.05, 3.63) is 11.5 Å². The van der Waals surface area contributed by atoms with Crippen LogP contribution >= 0.6 is 0 Å². The summed E-state index contributed by atoms with van der Waals surface area (Å²) in [6.45, 7) is -0.873. The van der Waals surface area contributed by atoms with Crippen LogP contribution < -0.4 is 0 Å². The predicted octanol–water partition coefficient (Wildman–Crippen LogP) is -1.65. The van der Waals surface area contributed by atoms with Crippen LogP contribution in [0.15, 0.2) is 11.5 Å². The molecule has 0 radical (unpaired) electrons. The fourth-order valence-corrected chi connectivity index (χ4v) is 1.85. The van der Waals surface area contributed by atoms with Crippen molar-refractivity contribution in [2.75, 3.05) is 6.61 Å². The molecule has 104 valence electrons. The van der Waals surface area contributed by atoms with E-state index in [1.54, 1.807) is 0 Å². The van der Waals surface area contributed by atoms with E-state index >= 15 is 0 Å². The largest absolute Gasteiger partial charge is 0.499 e. The maximum atomic E-state index is 11.0. The molecule has 0 spiro atoms. The van der Waals surface area contributed by atoms with Gasteiger partial charge in [-0.3, -0.25) is 13.3 Å². The lowest BCUT2D eigenvalue weighted by molar-refractivity contribution is -0.146. The van der Waals surface area contributed by atoms with Crippen LogP contribution in [0.25, 0.3) is 0 Å². The monoisotopic (exact) mass is 304 g/mol. The molecular formula is C6H8O10S2. The second-order valence-electron chi connectivity index (χ2n) is 2.87. The van der Waals surface area contributed by atoms with E-state index < -0.39 is 59.0 Å². The van der Waals surface area contributed by atoms with Gasteiger partial charge in [0.2, 0.25) is 11.5 Å². The molecule has 0 saturated carbocycles. The smallest absolute Gasteiger partial charge is 0.378 e. The topological polar surface area (TPSA) is 160 Å². The number of aliphatic hydroxyl groups excluding tert-OH is 2. The first-order chi connectivity index (χ1) is 8.36. The second kappa shape index (κ2) is 6.21. The van der Waals surface area contributed by atoms with E-state index in [0.717, 1.165) is 0 Å². The van der Waals surface area contributed by atoms with Gasteiger partial charge in [0.05, 0.1) is 6.61 Å². The van der Waals surface area contributed by atoms with Crippen molar-refractivity contribution >= 4 is 28.7 Å². The van der Waals surface area contributed by atoms with E-state index in [-0.39, 0.29) is 0 Å². The van der Waals surface area contributed by atoms with Gasteiger partial charge in [0, 0.05) is 0 Å². The van der Waals surface area contributed by atoms with Crippen LogP contribution in [-0.2, 0) is 40.6 Å². The molecule has 0 amide bonds. The van der Waals surface area contributed by atoms with Gasteiger partial charge in [-0.1, -0.05) is 0 Å². The average Bonchev–Trinajstić information content (AvgIpc) is 2.53. The number of carbonyl (C=O) groups is 1. The molecule has 4 atom stereocenters. The highest BCUT2D eigenvalue weighted by molar-refractivity contribution is 7.74. The molecule has 12 heteroatoms. The van der Waals surface area contributed by atoms with Gasteiger partial charge < -0.3 is 19.1 Å². The summed E-state index contributed by atoms with van der Waals surface area (Å²) in [7, 11) is 0. The van der Waals surface area contributed by atoms with Crippen LogP contribution in [-0.4, -0.2) is 52.5 Å². The summed E-state index contributed by atoms with van der Waals surface area (Å²) >= 11 is -5.66. The Bertz CT molecular complexity index is 417. The summed E-state index contributed by atoms with van der Waals surface area (Å²) in [4.78, 5) is 11.0. The highest BCUT2D eigenvalue weighted by atomic mass is 32.2. The molecule has 1 heterocycles. The first-order valence-corrected chi connectivity index (χ1v) is 6.25. The number of rotatable bonds is 6. The van der Waals surface area contributed by atoms with Crippen LogP contribution in [0.3, 0.4) is 0 Å². The Morgan fingerprint density at radius 3 is 2.39 bits per heavy atom. The highest BCUT2D eigenvalue weighted by Crippen LogP contribution is 2.26. The van der Waals surface area contributed by atoms with Gasteiger partial charge in [-0.05, 0) is 0 Å². The molecule has 0 aromatic rings. The van der Waals surface area contributed by atoms with Gasteiger partial charge in [0.25, 0.3) is 0 Å². The minimum absolute atomic E-state index is 0.773. The lowest BCUT2D eigenvalue weighted by Gasteiger charge is -2.19. The van der Waals surface area contributed by atoms with Crippen molar-refractivity contribution in [1.29, 1.82) is 0 Å². The third-order valence-corrected chi connectivity index (χ3v) is 2.54. The molecular weight excluding hydrogens is 296 g/mol. The molecule has 2 unspecified atom stereocenters. The molecule has 0 aromatic carbocycles. The number of cyclic esters (lactones) is 1. The summed E-state index contributed by atoms with van der Waals surface area (Å²) < 4.78 is 50.8. The van der Waals surface area contributed by atoms with E-state index in [0.29, 0.717) is 0 Å². The van der Waals surface area contributed by atoms with Crippen LogP contribution in [0.5, 0.6) is 0 Å². The fraction of sp³-hybridized carbons (Fsp3) is 0.500. The summed E-state index contributed by atoms with van der Waals surface area (Å²) in [5, 5.41) is 18.1. The van der Waals surface area contributed by atoms with E-state index in [1.165, 1.54) is 0 Å². The van der Waals surface area contributed by atoms with E-state index in [4.69, 9.17) is 14.2 Å². The van der Waals surface area contributed by atoms with E-state index in [2.05, 4.69) is 13.1 Å². The molecule has 4 N–H and O–H groups in total. The first kappa shape index (κ1) is 15.0. The van der Waals surface area contributed by atoms with Crippen LogP contribution in [0.2, 0.25) is 0 Å². The van der Waals surface area contributed by atoms with Crippen molar-refractivity contribution in [3.63, 3.8) is 0 Å². The Kier molecular flexibility index (Phi) is 5.18. The quantitative estimate of drug-likeness (QED) is 0.330. The SMILES string of the molecule is O=C1O[C@H]([C@H](CO)OS(=O)O)C(OS(=O)O)=C1O. The fourth-order valence-electron chi connectivity index (χ4n) is 1.15. The number of ether oxygens (including phenoxy) is 1. The highest BCUT2D eigenvalue weighted by Gasteiger charge is 2.43. The number of hydrogen-bond acceptors (Lipinski definition) is 8. The summed E-state index contributed by atoms with van der Waals surface area (Å²) in [5.74, 6) is -3.15. The molecule has 0 aromatic heterocycles. The minimum atomic E-state index is -2.87. The Hall–Kier alpha value is -1.05. The molecule has 1 aliphatic rings. The average molecular weight is 304 g/mol. The third kappa shape index (κ3) is 3.47. The number of esters is 1. The Morgan fingerprint density at radius 1 is 1.33 bits per heavy atom. The van der Waals surface area contributed by atoms with Gasteiger partial charge in [-0.2, -0.15) is 8.42 Å². The second-order valence-corrected chi connectivity index (χ2v) is 4.10. The van der Waals surface area contributed by atoms with Gasteiger partial charge in [0.15, 0.2) is 6.10 Å². The standard InChI is InChI=1S/C6H8O10S2/c7-1-2(15-17(10)11)4-5(16-18(12)13)3(8)6(9)14-4/h2,4,7-8H,1H2,(H,10,11)(H,12,13)/t2-,4+/m0/s1. The van der Waals surface area contributed by atoms with Crippen molar-refractivity contribution in [1.82, 2.24) is 0 Å². The number of aliphatic hydroxyl groups is 2. The molecule has 0 fully saturated rings. The van der Waals surface area contributed by atoms with Crippen molar-refractivity contribution in [3.8, 4) is 0 Å². The van der Waals surface area contributed by atoms with Gasteiger partial charge in [0.1, 0.15) is 6.10 Å². The summed E-state index contributed by atoms with van der Waals surface area (Å²) in [6.07, 6.45) is -3.17. The zero-order valence-electron chi connectivity index (χ0n) is 8.42. The molecule has 1 rings (SSSR count). The first-order valence-electron chi connectivity index (χ1n) is 4.19. The lowest BCUT2D eigenvalue weighted by atomic mass is 10.2. The molecule has 0 saturated heterocycles. The van der Waals surface area contributed by atoms with E-state index in [1.807, 2.05) is 0 Å². The van der Waals surface area contributed by atoms with Crippen LogP contribution in [0.4, 0.5) is 0 Å². The van der Waals surface area contributed by atoms with Crippen molar-refractivity contribution in [2.24, 2.45) is 0 Å². The minimum Gasteiger partial charge on any atom is -0.499 e. The summed E-state index contributed by atoms with van der Waals surface area (Å²) in [5.41, 5.74) is 0. The van der Waals surface area contributed by atoms with Gasteiger partial charge in [-0.15, -0.1) is 0 Å². The summed E-state index contributed by atoms with van der Waals surface area (Å²) in [6, 6.07) is 0. The Labute approximate surface area is 105 Å². The molecule has 10 nitrogen and oxygen atoms in total. The molecule has 0 bridgehead atoms. The maximum Gasteiger partial charge on any atom is 0.378 e. The normalized spacial score (nSPS) is 24.6. The van der Waals surface area contributed by atoms with E-state index in [9.17, 15) is 18.3 Å². The predicted molar refractivity (Wildman–Crippen MR) is 54.1 cm³/mol. The molecule has 1 aliphatic heterocycles. The molecule has 0 aliphatic carbocycles. The maximum absolute atomic E-state index is 11.0. The van der Waals surface area contributed by atoms with Crippen LogP contribution in [0, 0.1) is 0 Å². The Morgan fingerprint density at radius 2 is 1.94 bits per heavy atom. The zero-order chi connectivity index (χ0) is 13.9. The van der Waals surface area contributed by atoms with Crippen LogP contribution in [0.1, 0.15) is 0 Å². The zero-order valence-corrected chi connectivity index (χ0v) is 10.0. The van der Waals surface area contributed by atoms with Crippen molar-refractivity contribution in [2.45, 2.75) is 12.2 Å². The van der Waals surface area contributed by atoms with Crippen molar-refractivity contribution < 1.29 is 45.6 Å².